The monoisotopic (exact) mass is 348 g/mol. The zero-order chi connectivity index (χ0) is 18.5. The van der Waals surface area contributed by atoms with Crippen LogP contribution in [0.1, 0.15) is 32.0 Å². The summed E-state index contributed by atoms with van der Waals surface area (Å²) in [5.41, 5.74) is 9.50. The first kappa shape index (κ1) is 17.3. The SMILES string of the molecule is Cc1cccc(Nc2ccccc2C(=O)NNC(=O)c2ccc[nH]2)c1C. The number of aromatic nitrogens is 1. The Balaban J connectivity index is 1.75. The molecule has 3 aromatic rings. The molecule has 2 amide bonds. The summed E-state index contributed by atoms with van der Waals surface area (Å²) in [5.74, 6) is -0.818. The number of H-pyrrole nitrogens is 1. The third-order valence-electron chi connectivity index (χ3n) is 4.18. The molecule has 0 radical (unpaired) electrons. The summed E-state index contributed by atoms with van der Waals surface area (Å²) in [7, 11) is 0. The minimum atomic E-state index is -0.414. The second kappa shape index (κ2) is 7.57. The van der Waals surface area contributed by atoms with Crippen LogP contribution in [0.4, 0.5) is 11.4 Å². The molecule has 0 spiro atoms. The van der Waals surface area contributed by atoms with E-state index in [4.69, 9.17) is 0 Å². The predicted molar refractivity (Wildman–Crippen MR) is 101 cm³/mol. The normalized spacial score (nSPS) is 10.2. The van der Waals surface area contributed by atoms with Crippen LogP contribution in [0.3, 0.4) is 0 Å². The molecule has 132 valence electrons. The van der Waals surface area contributed by atoms with Gasteiger partial charge < -0.3 is 10.3 Å². The summed E-state index contributed by atoms with van der Waals surface area (Å²) in [6.45, 7) is 4.06. The molecule has 0 aliphatic carbocycles. The van der Waals surface area contributed by atoms with E-state index in [-0.39, 0.29) is 0 Å². The number of hydrogen-bond donors (Lipinski definition) is 4. The fourth-order valence-electron chi connectivity index (χ4n) is 2.54. The van der Waals surface area contributed by atoms with Crippen LogP contribution in [0.5, 0.6) is 0 Å². The van der Waals surface area contributed by atoms with Crippen LogP contribution in [0.15, 0.2) is 60.8 Å². The highest BCUT2D eigenvalue weighted by molar-refractivity contribution is 6.02. The van der Waals surface area contributed by atoms with Crippen LogP contribution in [0, 0.1) is 13.8 Å². The number of carbonyl (C=O) groups is 2. The van der Waals surface area contributed by atoms with Gasteiger partial charge in [-0.2, -0.15) is 0 Å². The Morgan fingerprint density at radius 2 is 1.54 bits per heavy atom. The average molecular weight is 348 g/mol. The van der Waals surface area contributed by atoms with Crippen molar-refractivity contribution in [3.05, 3.63) is 83.2 Å². The lowest BCUT2D eigenvalue weighted by Crippen LogP contribution is -2.41. The van der Waals surface area contributed by atoms with Gasteiger partial charge in [0.15, 0.2) is 0 Å². The number of hydrazine groups is 1. The molecule has 0 aliphatic rings. The third kappa shape index (κ3) is 3.75. The maximum atomic E-state index is 12.5. The van der Waals surface area contributed by atoms with E-state index in [1.807, 2.05) is 44.2 Å². The number of anilines is 2. The molecule has 26 heavy (non-hydrogen) atoms. The minimum Gasteiger partial charge on any atom is -0.357 e. The van der Waals surface area contributed by atoms with E-state index in [1.165, 1.54) is 0 Å². The molecular formula is C20H20N4O2. The number of carbonyl (C=O) groups excluding carboxylic acids is 2. The summed E-state index contributed by atoms with van der Waals surface area (Å²) >= 11 is 0. The molecule has 0 bridgehead atoms. The number of hydrogen-bond acceptors (Lipinski definition) is 3. The summed E-state index contributed by atoms with van der Waals surface area (Å²) < 4.78 is 0. The average Bonchev–Trinajstić information content (AvgIpc) is 3.18. The van der Waals surface area contributed by atoms with Crippen LogP contribution >= 0.6 is 0 Å². The van der Waals surface area contributed by atoms with Gasteiger partial charge in [0.1, 0.15) is 5.69 Å². The van der Waals surface area contributed by atoms with Gasteiger partial charge in [-0.25, -0.2) is 0 Å². The number of benzene rings is 2. The minimum absolute atomic E-state index is 0.368. The van der Waals surface area contributed by atoms with Crippen molar-refractivity contribution in [1.29, 1.82) is 0 Å². The number of rotatable bonds is 4. The molecule has 1 aromatic heterocycles. The first-order chi connectivity index (χ1) is 12.6. The summed E-state index contributed by atoms with van der Waals surface area (Å²) in [6.07, 6.45) is 1.64. The van der Waals surface area contributed by atoms with Crippen LogP contribution in [0.25, 0.3) is 0 Å². The number of para-hydroxylation sites is 1. The third-order valence-corrected chi connectivity index (χ3v) is 4.18. The zero-order valence-corrected chi connectivity index (χ0v) is 14.6. The smallest absolute Gasteiger partial charge is 0.286 e. The van der Waals surface area contributed by atoms with Crippen molar-refractivity contribution in [3.63, 3.8) is 0 Å². The van der Waals surface area contributed by atoms with Crippen molar-refractivity contribution in [2.24, 2.45) is 0 Å². The molecule has 4 N–H and O–H groups in total. The molecular weight excluding hydrogens is 328 g/mol. The topological polar surface area (TPSA) is 86.0 Å². The van der Waals surface area contributed by atoms with Gasteiger partial charge in [0.25, 0.3) is 11.8 Å². The molecule has 0 saturated heterocycles. The zero-order valence-electron chi connectivity index (χ0n) is 14.6. The van der Waals surface area contributed by atoms with Gasteiger partial charge in [0.2, 0.25) is 0 Å². The predicted octanol–water partition coefficient (Wildman–Crippen LogP) is 3.45. The number of amides is 2. The Morgan fingerprint density at radius 3 is 2.31 bits per heavy atom. The van der Waals surface area contributed by atoms with Gasteiger partial charge in [0, 0.05) is 11.9 Å². The quantitative estimate of drug-likeness (QED) is 0.545. The second-order valence-corrected chi connectivity index (χ2v) is 5.91. The molecule has 6 heteroatoms. The van der Waals surface area contributed by atoms with Crippen molar-refractivity contribution in [2.75, 3.05) is 5.32 Å². The number of nitrogens with one attached hydrogen (secondary N) is 4. The van der Waals surface area contributed by atoms with Crippen LogP contribution in [-0.2, 0) is 0 Å². The molecule has 3 rings (SSSR count). The van der Waals surface area contributed by atoms with E-state index in [1.54, 1.807) is 30.5 Å². The maximum Gasteiger partial charge on any atom is 0.286 e. The first-order valence-electron chi connectivity index (χ1n) is 8.22. The van der Waals surface area contributed by atoms with Crippen molar-refractivity contribution < 1.29 is 9.59 Å². The summed E-state index contributed by atoms with van der Waals surface area (Å²) in [6, 6.07) is 16.4. The molecule has 2 aromatic carbocycles. The summed E-state index contributed by atoms with van der Waals surface area (Å²) in [5, 5.41) is 3.30. The Morgan fingerprint density at radius 1 is 0.808 bits per heavy atom. The fourth-order valence-corrected chi connectivity index (χ4v) is 2.54. The Hall–Kier alpha value is -3.54. The van der Waals surface area contributed by atoms with Gasteiger partial charge in [-0.3, -0.25) is 20.4 Å². The summed E-state index contributed by atoms with van der Waals surface area (Å²) in [4.78, 5) is 27.2. The van der Waals surface area contributed by atoms with Crippen molar-refractivity contribution in [1.82, 2.24) is 15.8 Å². The number of aryl methyl sites for hydroxylation is 1. The van der Waals surface area contributed by atoms with E-state index in [2.05, 4.69) is 21.2 Å². The molecule has 0 saturated carbocycles. The molecule has 6 nitrogen and oxygen atoms in total. The van der Waals surface area contributed by atoms with Gasteiger partial charge in [-0.1, -0.05) is 24.3 Å². The van der Waals surface area contributed by atoms with Crippen LogP contribution in [-0.4, -0.2) is 16.8 Å². The lowest BCUT2D eigenvalue weighted by Gasteiger charge is -2.15. The van der Waals surface area contributed by atoms with E-state index in [0.29, 0.717) is 16.9 Å². The molecule has 0 unspecified atom stereocenters. The highest BCUT2D eigenvalue weighted by atomic mass is 16.2. The standard InChI is InChI=1S/C20H20N4O2/c1-13-7-5-10-16(14(13)2)22-17-9-4-3-8-15(17)19(25)23-24-20(26)18-11-6-12-21-18/h3-12,21-22H,1-2H3,(H,23,25)(H,24,26). The highest BCUT2D eigenvalue weighted by Crippen LogP contribution is 2.25. The Bertz CT molecular complexity index is 933. The van der Waals surface area contributed by atoms with Gasteiger partial charge in [-0.15, -0.1) is 0 Å². The molecule has 0 atom stereocenters. The van der Waals surface area contributed by atoms with E-state index < -0.39 is 11.8 Å². The van der Waals surface area contributed by atoms with Gasteiger partial charge in [-0.05, 0) is 55.3 Å². The number of aromatic amines is 1. The van der Waals surface area contributed by atoms with Crippen LogP contribution in [0.2, 0.25) is 0 Å². The largest absolute Gasteiger partial charge is 0.357 e. The highest BCUT2D eigenvalue weighted by Gasteiger charge is 2.13. The Kier molecular flexibility index (Phi) is 5.03. The Labute approximate surface area is 151 Å². The molecule has 0 aliphatic heterocycles. The van der Waals surface area contributed by atoms with E-state index in [0.717, 1.165) is 16.8 Å². The van der Waals surface area contributed by atoms with Crippen LogP contribution < -0.4 is 16.2 Å². The lowest BCUT2D eigenvalue weighted by molar-refractivity contribution is 0.0844. The fraction of sp³-hybridized carbons (Fsp3) is 0.100. The van der Waals surface area contributed by atoms with Gasteiger partial charge in [0.05, 0.1) is 11.3 Å². The molecule has 0 fully saturated rings. The van der Waals surface area contributed by atoms with E-state index in [9.17, 15) is 9.59 Å². The van der Waals surface area contributed by atoms with Crippen molar-refractivity contribution in [3.8, 4) is 0 Å². The maximum absolute atomic E-state index is 12.5. The van der Waals surface area contributed by atoms with E-state index >= 15 is 0 Å². The first-order valence-corrected chi connectivity index (χ1v) is 8.22. The van der Waals surface area contributed by atoms with Crippen molar-refractivity contribution in [2.45, 2.75) is 13.8 Å². The lowest BCUT2D eigenvalue weighted by atomic mass is 10.1. The van der Waals surface area contributed by atoms with Crippen molar-refractivity contribution >= 4 is 23.2 Å². The molecule has 1 heterocycles. The second-order valence-electron chi connectivity index (χ2n) is 5.91. The van der Waals surface area contributed by atoms with Gasteiger partial charge >= 0.3 is 0 Å².